The van der Waals surface area contributed by atoms with E-state index >= 15 is 0 Å². The van der Waals surface area contributed by atoms with Crippen LogP contribution in [-0.4, -0.2) is 68.1 Å². The van der Waals surface area contributed by atoms with E-state index in [1.165, 1.54) is 23.5 Å². The molecule has 2 fully saturated rings. The van der Waals surface area contributed by atoms with Gasteiger partial charge in [-0.1, -0.05) is 54.0 Å². The summed E-state index contributed by atoms with van der Waals surface area (Å²) in [4.78, 5) is 29.0. The van der Waals surface area contributed by atoms with E-state index in [0.29, 0.717) is 40.1 Å². The molecule has 0 aromatic rings. The van der Waals surface area contributed by atoms with Crippen molar-refractivity contribution in [3.8, 4) is 0 Å². The Labute approximate surface area is 160 Å². The highest BCUT2D eigenvalue weighted by molar-refractivity contribution is 8.23. The smallest absolute Gasteiger partial charge is 0.257 e. The Morgan fingerprint density at radius 2 is 1.79 bits per heavy atom. The van der Waals surface area contributed by atoms with E-state index in [2.05, 4.69) is 0 Å². The van der Waals surface area contributed by atoms with E-state index in [9.17, 15) is 9.59 Å². The highest BCUT2D eigenvalue weighted by atomic mass is 32.2. The van der Waals surface area contributed by atoms with Crippen LogP contribution in [0.4, 0.5) is 0 Å². The first-order valence-electron chi connectivity index (χ1n) is 7.74. The zero-order valence-corrected chi connectivity index (χ0v) is 16.5. The van der Waals surface area contributed by atoms with Gasteiger partial charge in [-0.15, -0.1) is 0 Å². The summed E-state index contributed by atoms with van der Waals surface area (Å²) in [5.74, 6) is 1.10. The molecular weight excluding hydrogens is 384 g/mol. The molecule has 1 aliphatic carbocycles. The zero-order valence-electron chi connectivity index (χ0n) is 13.2. The first-order valence-corrected chi connectivity index (χ1v) is 10.5. The lowest BCUT2D eigenvalue weighted by Crippen LogP contribution is -2.46. The first-order chi connectivity index (χ1) is 11.5. The van der Waals surface area contributed by atoms with E-state index in [1.54, 1.807) is 16.9 Å². The van der Waals surface area contributed by atoms with Gasteiger partial charge in [0.1, 0.15) is 8.64 Å². The van der Waals surface area contributed by atoms with Gasteiger partial charge >= 0.3 is 0 Å². The third-order valence-electron chi connectivity index (χ3n) is 4.36. The lowest BCUT2D eigenvalue weighted by molar-refractivity contribution is -0.136. The molecule has 2 saturated heterocycles. The zero-order chi connectivity index (χ0) is 17.3. The number of nitrogens with zero attached hydrogens (tertiary/aromatic N) is 2. The van der Waals surface area contributed by atoms with Crippen LogP contribution in [0.25, 0.3) is 0 Å². The number of methoxy groups -OCH3 is 1. The Bertz CT molecular complexity index is 622. The van der Waals surface area contributed by atoms with Gasteiger partial charge in [0.15, 0.2) is 0 Å². The van der Waals surface area contributed by atoms with E-state index < -0.39 is 6.10 Å². The number of thioether (sulfide) groups is 2. The van der Waals surface area contributed by atoms with Crippen molar-refractivity contribution < 1.29 is 14.3 Å². The number of hydrogen-bond donors (Lipinski definition) is 0. The van der Waals surface area contributed by atoms with Crippen molar-refractivity contribution in [1.29, 1.82) is 0 Å². The fourth-order valence-corrected chi connectivity index (χ4v) is 5.60. The molecule has 0 N–H and O–H groups in total. The second-order valence-electron chi connectivity index (χ2n) is 5.68. The van der Waals surface area contributed by atoms with Crippen molar-refractivity contribution in [3.63, 3.8) is 0 Å². The molecule has 2 atom stereocenters. The van der Waals surface area contributed by atoms with Crippen molar-refractivity contribution in [2.75, 3.05) is 31.7 Å². The van der Waals surface area contributed by atoms with Gasteiger partial charge in [0, 0.05) is 37.3 Å². The van der Waals surface area contributed by atoms with Crippen molar-refractivity contribution >= 4 is 68.4 Å². The largest absolute Gasteiger partial charge is 0.376 e. The maximum Gasteiger partial charge on any atom is 0.257 e. The van der Waals surface area contributed by atoms with Gasteiger partial charge in [-0.25, -0.2) is 0 Å². The van der Waals surface area contributed by atoms with Gasteiger partial charge in [0.05, 0.1) is 12.0 Å². The Balaban J connectivity index is 1.80. The Morgan fingerprint density at radius 1 is 1.17 bits per heavy atom. The lowest BCUT2D eigenvalue weighted by Gasteiger charge is -2.33. The minimum absolute atomic E-state index is 0.0337. The molecule has 0 saturated carbocycles. The molecule has 2 amide bonds. The number of thiocarbonyl (C=S) groups is 2. The Kier molecular flexibility index (Phi) is 5.97. The maximum absolute atomic E-state index is 12.9. The highest BCUT2D eigenvalue weighted by Gasteiger charge is 2.42. The number of carbonyl (C=O) groups excluding carboxylic acids is 2. The number of ether oxygens (including phenoxy) is 1. The van der Waals surface area contributed by atoms with E-state index in [1.807, 2.05) is 6.08 Å². The topological polar surface area (TPSA) is 49.9 Å². The molecule has 2 aliphatic heterocycles. The fraction of sp³-hybridized carbons (Fsp3) is 0.600. The Morgan fingerprint density at radius 3 is 2.33 bits per heavy atom. The molecule has 0 aromatic heterocycles. The molecule has 5 nitrogen and oxygen atoms in total. The molecule has 0 bridgehead atoms. The molecule has 0 aromatic carbocycles. The van der Waals surface area contributed by atoms with Crippen LogP contribution in [0.1, 0.15) is 12.8 Å². The first kappa shape index (κ1) is 18.3. The SMILES string of the molecule is CO[C@H]1C(C(=O)N2CCSC2=S)=CCCC1C(=O)N1CCSC1=S. The number of allylic oxidation sites excluding steroid dienone is 1. The van der Waals surface area contributed by atoms with Crippen LogP contribution in [0.3, 0.4) is 0 Å². The average molecular weight is 403 g/mol. The predicted molar refractivity (Wildman–Crippen MR) is 105 cm³/mol. The van der Waals surface area contributed by atoms with Crippen LogP contribution < -0.4 is 0 Å². The summed E-state index contributed by atoms with van der Waals surface area (Å²) < 4.78 is 6.80. The fourth-order valence-electron chi connectivity index (χ4n) is 3.18. The maximum atomic E-state index is 12.9. The van der Waals surface area contributed by atoms with Gasteiger partial charge in [-0.2, -0.15) is 0 Å². The number of rotatable bonds is 3. The van der Waals surface area contributed by atoms with E-state index in [-0.39, 0.29) is 17.7 Å². The normalized spacial score (nSPS) is 27.6. The van der Waals surface area contributed by atoms with Crippen LogP contribution >= 0.6 is 48.0 Å². The van der Waals surface area contributed by atoms with E-state index in [4.69, 9.17) is 29.2 Å². The Hall–Kier alpha value is -0.480. The number of amides is 2. The third kappa shape index (κ3) is 3.41. The van der Waals surface area contributed by atoms with Crippen LogP contribution in [0.15, 0.2) is 11.6 Å². The van der Waals surface area contributed by atoms with Crippen molar-refractivity contribution in [1.82, 2.24) is 9.80 Å². The van der Waals surface area contributed by atoms with Gasteiger partial charge in [-0.3, -0.25) is 19.4 Å². The lowest BCUT2D eigenvalue weighted by atomic mass is 9.84. The minimum Gasteiger partial charge on any atom is -0.376 e. The summed E-state index contributed by atoms with van der Waals surface area (Å²) in [6, 6.07) is 0. The van der Waals surface area contributed by atoms with Crippen molar-refractivity contribution in [3.05, 3.63) is 11.6 Å². The summed E-state index contributed by atoms with van der Waals surface area (Å²) in [6.45, 7) is 1.25. The molecule has 0 spiro atoms. The number of carbonyl (C=O) groups is 2. The summed E-state index contributed by atoms with van der Waals surface area (Å²) in [7, 11) is 1.55. The summed E-state index contributed by atoms with van der Waals surface area (Å²) >= 11 is 13.5. The highest BCUT2D eigenvalue weighted by Crippen LogP contribution is 2.33. The molecule has 2 heterocycles. The summed E-state index contributed by atoms with van der Waals surface area (Å²) in [5.41, 5.74) is 0.546. The van der Waals surface area contributed by atoms with Gasteiger partial charge in [0.25, 0.3) is 5.91 Å². The number of hydrogen-bond acceptors (Lipinski definition) is 7. The van der Waals surface area contributed by atoms with Crippen LogP contribution in [0.2, 0.25) is 0 Å². The molecule has 1 unspecified atom stereocenters. The van der Waals surface area contributed by atoms with Gasteiger partial charge in [0.2, 0.25) is 5.91 Å². The molecule has 0 radical (unpaired) electrons. The molecule has 9 heteroatoms. The average Bonchev–Trinajstić information content (AvgIpc) is 3.21. The molecule has 130 valence electrons. The standard InChI is InChI=1S/C15H18N2O3S4/c1-20-11-9(12(18)16-5-7-23-14(16)21)3-2-4-10(11)13(19)17-6-8-24-15(17)22/h3,10-11H,2,4-8H2,1H3/t10?,11-/m0/s1. The third-order valence-corrected chi connectivity index (χ3v) is 7.22. The van der Waals surface area contributed by atoms with Crippen molar-refractivity contribution in [2.45, 2.75) is 18.9 Å². The van der Waals surface area contributed by atoms with Crippen LogP contribution in [-0.2, 0) is 14.3 Å². The summed E-state index contributed by atoms with van der Waals surface area (Å²) in [5, 5.41) is 0. The molecule has 3 rings (SSSR count). The second kappa shape index (κ2) is 7.82. The van der Waals surface area contributed by atoms with E-state index in [0.717, 1.165) is 11.5 Å². The minimum atomic E-state index is -0.541. The van der Waals surface area contributed by atoms with Crippen molar-refractivity contribution in [2.24, 2.45) is 5.92 Å². The quantitative estimate of drug-likeness (QED) is 0.670. The monoisotopic (exact) mass is 402 g/mol. The molecule has 24 heavy (non-hydrogen) atoms. The van der Waals surface area contributed by atoms with Crippen LogP contribution in [0.5, 0.6) is 0 Å². The molecule has 3 aliphatic rings. The summed E-state index contributed by atoms with van der Waals surface area (Å²) in [6.07, 6.45) is 2.69. The van der Waals surface area contributed by atoms with Gasteiger partial charge in [-0.05, 0) is 12.8 Å². The second-order valence-corrected chi connectivity index (χ2v) is 9.13. The van der Waals surface area contributed by atoms with Gasteiger partial charge < -0.3 is 4.74 Å². The van der Waals surface area contributed by atoms with Crippen LogP contribution in [0, 0.1) is 5.92 Å². The predicted octanol–water partition coefficient (Wildman–Crippen LogP) is 2.06. The molecular formula is C15H18N2O3S4.